The molecule has 2 aliphatic rings. The molecule has 1 aromatic heterocycles. The van der Waals surface area contributed by atoms with Crippen LogP contribution in [-0.4, -0.2) is 82.9 Å². The number of aromatic nitrogens is 2. The van der Waals surface area contributed by atoms with Gasteiger partial charge in [0, 0.05) is 18.7 Å². The molecule has 4 aromatic rings. The number of hydrogen-bond donors (Lipinski definition) is 5. The number of halogens is 1. The average molecular weight is 607 g/mol. The van der Waals surface area contributed by atoms with Gasteiger partial charge in [0.05, 0.1) is 41.9 Å². The lowest BCUT2D eigenvalue weighted by atomic mass is 9.99. The standard InChI is InChI=1S/C32H35ClN4O6/c1-2-24(31(40)34-11-12-38)35-15-18-3-5-19(6-4-18)20-7-9-21(10-8-20)22-13-25-26(14-23(22)33)37-32(36-25)43-28-17-42-29-27(39)16-41-30(28)29/h3-10,13-14,24,27-30,35,38-39H,2,11-12,15-17H2,1H3,(H,34,40)(H,36,37)/t24?,27-,28-,29-,30-/m1/s1. The highest BCUT2D eigenvalue weighted by Crippen LogP contribution is 2.35. The summed E-state index contributed by atoms with van der Waals surface area (Å²) in [5.74, 6) is -0.105. The van der Waals surface area contributed by atoms with Crippen LogP contribution >= 0.6 is 11.6 Å². The van der Waals surface area contributed by atoms with Gasteiger partial charge < -0.3 is 40.0 Å². The van der Waals surface area contributed by atoms with Gasteiger partial charge in [-0.15, -0.1) is 0 Å². The number of fused-ring (bicyclic) bond motifs is 2. The third kappa shape index (κ3) is 6.40. The van der Waals surface area contributed by atoms with Crippen molar-refractivity contribution < 1.29 is 29.2 Å². The minimum Gasteiger partial charge on any atom is -0.456 e. The van der Waals surface area contributed by atoms with Crippen LogP contribution in [0.15, 0.2) is 60.7 Å². The normalized spacial score (nSPS) is 22.0. The first-order valence-electron chi connectivity index (χ1n) is 14.5. The average Bonchev–Trinajstić information content (AvgIpc) is 3.72. The van der Waals surface area contributed by atoms with E-state index in [1.165, 1.54) is 0 Å². The van der Waals surface area contributed by atoms with Gasteiger partial charge in [0.2, 0.25) is 5.91 Å². The van der Waals surface area contributed by atoms with E-state index in [2.05, 4.69) is 57.0 Å². The topological polar surface area (TPSA) is 138 Å². The van der Waals surface area contributed by atoms with E-state index in [9.17, 15) is 9.90 Å². The Morgan fingerprint density at radius 2 is 1.77 bits per heavy atom. The Morgan fingerprint density at radius 3 is 2.49 bits per heavy atom. The van der Waals surface area contributed by atoms with Crippen LogP contribution in [0.2, 0.25) is 5.02 Å². The number of nitrogens with one attached hydrogen (secondary N) is 3. The lowest BCUT2D eigenvalue weighted by Crippen LogP contribution is -2.44. The molecule has 2 aliphatic heterocycles. The Morgan fingerprint density at radius 1 is 1.07 bits per heavy atom. The number of aliphatic hydroxyl groups is 2. The molecule has 6 rings (SSSR count). The monoisotopic (exact) mass is 606 g/mol. The second kappa shape index (κ2) is 13.0. The quantitative estimate of drug-likeness (QED) is 0.175. The highest BCUT2D eigenvalue weighted by atomic mass is 35.5. The molecular formula is C32H35ClN4O6. The van der Waals surface area contributed by atoms with E-state index < -0.39 is 6.10 Å². The van der Waals surface area contributed by atoms with E-state index in [1.54, 1.807) is 0 Å². The number of H-pyrrole nitrogens is 1. The smallest absolute Gasteiger partial charge is 0.295 e. The molecule has 3 heterocycles. The number of carbonyl (C=O) groups excluding carboxylic acids is 1. The number of aliphatic hydroxyl groups excluding tert-OH is 2. The second-order valence-corrected chi connectivity index (χ2v) is 11.2. The summed E-state index contributed by atoms with van der Waals surface area (Å²) >= 11 is 6.69. The van der Waals surface area contributed by atoms with Crippen LogP contribution in [0.5, 0.6) is 6.01 Å². The van der Waals surface area contributed by atoms with Crippen LogP contribution in [0.3, 0.4) is 0 Å². The molecule has 1 amide bonds. The molecule has 0 saturated carbocycles. The molecule has 2 fully saturated rings. The Kier molecular flexibility index (Phi) is 8.94. The summed E-state index contributed by atoms with van der Waals surface area (Å²) in [5.41, 5.74) is 6.53. The minimum absolute atomic E-state index is 0.0746. The lowest BCUT2D eigenvalue weighted by molar-refractivity contribution is -0.123. The molecule has 43 heavy (non-hydrogen) atoms. The molecule has 10 nitrogen and oxygen atoms in total. The molecule has 5 N–H and O–H groups in total. The highest BCUT2D eigenvalue weighted by Gasteiger charge is 2.48. The van der Waals surface area contributed by atoms with Gasteiger partial charge in [0.25, 0.3) is 6.01 Å². The fraction of sp³-hybridized carbons (Fsp3) is 0.375. The van der Waals surface area contributed by atoms with Gasteiger partial charge >= 0.3 is 0 Å². The molecular weight excluding hydrogens is 572 g/mol. The van der Waals surface area contributed by atoms with Crippen molar-refractivity contribution in [2.75, 3.05) is 26.4 Å². The number of aromatic amines is 1. The molecule has 3 aromatic carbocycles. The Balaban J connectivity index is 1.11. The van der Waals surface area contributed by atoms with Crippen molar-refractivity contribution >= 4 is 28.5 Å². The SMILES string of the molecule is CCC(NCc1ccc(-c2ccc(-c3cc4nc(O[C@@H]5CO[C@H]6[C@@H]5OC[C@H]6O)[nH]c4cc3Cl)cc2)cc1)C(=O)NCCO. The predicted octanol–water partition coefficient (Wildman–Crippen LogP) is 3.43. The first-order chi connectivity index (χ1) is 20.9. The van der Waals surface area contributed by atoms with Crippen LogP contribution in [0, 0.1) is 0 Å². The first-order valence-corrected chi connectivity index (χ1v) is 14.9. The summed E-state index contributed by atoms with van der Waals surface area (Å²) < 4.78 is 17.3. The summed E-state index contributed by atoms with van der Waals surface area (Å²) in [4.78, 5) is 20.0. The van der Waals surface area contributed by atoms with Gasteiger partial charge in [-0.1, -0.05) is 67.1 Å². The van der Waals surface area contributed by atoms with Gasteiger partial charge in [-0.2, -0.15) is 4.98 Å². The maximum atomic E-state index is 12.2. The third-order valence-corrected chi connectivity index (χ3v) is 8.28. The van der Waals surface area contributed by atoms with Gasteiger partial charge in [-0.05, 0) is 40.8 Å². The largest absolute Gasteiger partial charge is 0.456 e. The number of ether oxygens (including phenoxy) is 3. The summed E-state index contributed by atoms with van der Waals surface area (Å²) in [6.45, 7) is 3.26. The number of imidazole rings is 1. The molecule has 1 unspecified atom stereocenters. The van der Waals surface area contributed by atoms with E-state index in [0.717, 1.165) is 38.9 Å². The van der Waals surface area contributed by atoms with Crippen molar-refractivity contribution in [3.8, 4) is 28.3 Å². The van der Waals surface area contributed by atoms with Crippen molar-refractivity contribution in [2.45, 2.75) is 50.3 Å². The molecule has 5 atom stereocenters. The van der Waals surface area contributed by atoms with Crippen LogP contribution in [0.1, 0.15) is 18.9 Å². The second-order valence-electron chi connectivity index (χ2n) is 10.8. The van der Waals surface area contributed by atoms with E-state index in [1.807, 2.05) is 31.2 Å². The molecule has 2 saturated heterocycles. The zero-order valence-electron chi connectivity index (χ0n) is 23.8. The zero-order chi connectivity index (χ0) is 29.9. The number of amides is 1. The zero-order valence-corrected chi connectivity index (χ0v) is 24.5. The molecule has 226 valence electrons. The Bertz CT molecular complexity index is 1560. The molecule has 11 heteroatoms. The van der Waals surface area contributed by atoms with Crippen molar-refractivity contribution in [3.05, 3.63) is 71.2 Å². The minimum atomic E-state index is -0.637. The molecule has 0 bridgehead atoms. The van der Waals surface area contributed by atoms with Gasteiger partial charge in [0.15, 0.2) is 6.10 Å². The maximum Gasteiger partial charge on any atom is 0.295 e. The van der Waals surface area contributed by atoms with E-state index in [0.29, 0.717) is 30.6 Å². The summed E-state index contributed by atoms with van der Waals surface area (Å²) in [5, 5.41) is 25.5. The van der Waals surface area contributed by atoms with Crippen molar-refractivity contribution in [1.29, 1.82) is 0 Å². The fourth-order valence-electron chi connectivity index (χ4n) is 5.60. The summed E-state index contributed by atoms with van der Waals surface area (Å²) in [6.07, 6.45) is -1.02. The summed E-state index contributed by atoms with van der Waals surface area (Å²) in [6, 6.07) is 20.3. The van der Waals surface area contributed by atoms with Gasteiger partial charge in [-0.25, -0.2) is 0 Å². The van der Waals surface area contributed by atoms with Crippen molar-refractivity contribution in [2.24, 2.45) is 0 Å². The van der Waals surface area contributed by atoms with Gasteiger partial charge in [-0.3, -0.25) is 4.79 Å². The number of benzene rings is 3. The number of nitrogens with zero attached hydrogens (tertiary/aromatic N) is 1. The third-order valence-electron chi connectivity index (χ3n) is 7.97. The van der Waals surface area contributed by atoms with Crippen LogP contribution in [-0.2, 0) is 20.8 Å². The van der Waals surface area contributed by atoms with Gasteiger partial charge in [0.1, 0.15) is 18.3 Å². The number of hydrogen-bond acceptors (Lipinski definition) is 8. The Labute approximate surface area is 254 Å². The maximum absolute atomic E-state index is 12.2. The number of rotatable bonds is 11. The van der Waals surface area contributed by atoms with E-state index in [4.69, 9.17) is 30.9 Å². The molecule has 0 spiro atoms. The first kappa shape index (κ1) is 29.6. The molecule has 0 radical (unpaired) electrons. The Hall–Kier alpha value is -3.51. The molecule has 0 aliphatic carbocycles. The predicted molar refractivity (Wildman–Crippen MR) is 163 cm³/mol. The van der Waals surface area contributed by atoms with Crippen molar-refractivity contribution in [3.63, 3.8) is 0 Å². The van der Waals surface area contributed by atoms with Crippen LogP contribution in [0.4, 0.5) is 0 Å². The van der Waals surface area contributed by atoms with Crippen LogP contribution < -0.4 is 15.4 Å². The fourth-order valence-corrected chi connectivity index (χ4v) is 5.87. The highest BCUT2D eigenvalue weighted by molar-refractivity contribution is 6.34. The van der Waals surface area contributed by atoms with Crippen LogP contribution in [0.25, 0.3) is 33.3 Å². The van der Waals surface area contributed by atoms with E-state index >= 15 is 0 Å². The number of carbonyl (C=O) groups is 1. The van der Waals surface area contributed by atoms with Crippen molar-refractivity contribution in [1.82, 2.24) is 20.6 Å². The summed E-state index contributed by atoms with van der Waals surface area (Å²) in [7, 11) is 0. The van der Waals surface area contributed by atoms with E-state index in [-0.39, 0.29) is 50.0 Å². The lowest BCUT2D eigenvalue weighted by Gasteiger charge is -2.16.